The van der Waals surface area contributed by atoms with E-state index in [1.165, 1.54) is 0 Å². The maximum absolute atomic E-state index is 12.9. The van der Waals surface area contributed by atoms with E-state index in [0.717, 1.165) is 17.0 Å². The van der Waals surface area contributed by atoms with Crippen LogP contribution in [0.3, 0.4) is 0 Å². The topological polar surface area (TPSA) is 90.6 Å². The number of dihydropyridines is 1. The molecule has 0 fully saturated rings. The number of benzene rings is 1. The largest absolute Gasteiger partial charge is 0.463 e. The normalized spacial score (nSPS) is 16.6. The second-order valence-electron chi connectivity index (χ2n) is 6.18. The quantitative estimate of drug-likeness (QED) is 0.483. The van der Waals surface area contributed by atoms with E-state index in [9.17, 15) is 9.59 Å². The van der Waals surface area contributed by atoms with E-state index >= 15 is 0 Å². The van der Waals surface area contributed by atoms with Gasteiger partial charge in [-0.1, -0.05) is 30.3 Å². The molecule has 1 aromatic carbocycles. The van der Waals surface area contributed by atoms with E-state index < -0.39 is 17.9 Å². The smallest absolute Gasteiger partial charge is 0.336 e. The number of allylic oxidation sites excluding steroid dienone is 1. The molecule has 0 amide bonds. The Morgan fingerprint density at radius 1 is 1.07 bits per heavy atom. The van der Waals surface area contributed by atoms with Gasteiger partial charge in [0.05, 0.1) is 30.3 Å². The van der Waals surface area contributed by atoms with Crippen molar-refractivity contribution >= 4 is 23.7 Å². The lowest BCUT2D eigenvalue weighted by Crippen LogP contribution is -2.34. The van der Waals surface area contributed by atoms with Gasteiger partial charge in [-0.2, -0.15) is 11.8 Å². The molecule has 2 rings (SSSR count). The number of nitrogens with two attached hydrogens (primary N) is 1. The first kappa shape index (κ1) is 22.0. The van der Waals surface area contributed by atoms with Crippen LogP contribution in [-0.2, 0) is 19.1 Å². The molecule has 7 heteroatoms. The fourth-order valence-electron chi connectivity index (χ4n) is 3.18. The Bertz CT molecular complexity index is 759. The summed E-state index contributed by atoms with van der Waals surface area (Å²) in [4.78, 5) is 25.7. The monoisotopic (exact) mass is 404 g/mol. The number of esters is 2. The summed E-state index contributed by atoms with van der Waals surface area (Å²) in [7, 11) is 0. The fourth-order valence-corrected chi connectivity index (χ4v) is 3.92. The van der Waals surface area contributed by atoms with Crippen molar-refractivity contribution in [3.8, 4) is 0 Å². The van der Waals surface area contributed by atoms with Gasteiger partial charge in [0.1, 0.15) is 0 Å². The van der Waals surface area contributed by atoms with Gasteiger partial charge in [0, 0.05) is 29.4 Å². The molecule has 1 aromatic rings. The zero-order valence-corrected chi connectivity index (χ0v) is 17.4. The van der Waals surface area contributed by atoms with Gasteiger partial charge in [0.15, 0.2) is 0 Å². The molecular formula is C21H28N2O4S. The van der Waals surface area contributed by atoms with Gasteiger partial charge >= 0.3 is 11.9 Å². The summed E-state index contributed by atoms with van der Waals surface area (Å²) in [5, 5.41) is 3.25. The second kappa shape index (κ2) is 10.9. The second-order valence-corrected chi connectivity index (χ2v) is 7.29. The third-order valence-corrected chi connectivity index (χ3v) is 5.29. The highest BCUT2D eigenvalue weighted by molar-refractivity contribution is 7.99. The van der Waals surface area contributed by atoms with Gasteiger partial charge in [-0.25, -0.2) is 9.59 Å². The van der Waals surface area contributed by atoms with Crippen molar-refractivity contribution in [2.75, 3.05) is 31.3 Å². The average molecular weight is 405 g/mol. The van der Waals surface area contributed by atoms with Crippen LogP contribution >= 0.6 is 11.8 Å². The molecule has 1 atom stereocenters. The number of nitrogens with one attached hydrogen (secondary N) is 1. The summed E-state index contributed by atoms with van der Waals surface area (Å²) in [5.41, 5.74) is 8.77. The van der Waals surface area contributed by atoms with Crippen molar-refractivity contribution in [2.24, 2.45) is 5.73 Å². The van der Waals surface area contributed by atoms with Crippen molar-refractivity contribution in [3.63, 3.8) is 0 Å². The minimum atomic E-state index is -0.547. The average Bonchev–Trinajstić information content (AvgIpc) is 2.68. The number of thioether (sulfide) groups is 1. The molecule has 1 aliphatic heterocycles. The standard InChI is InChI=1S/C21H28N2O4S/c1-4-26-20(24)17-14(3)23-16(13-28-12-11-22)19(21(25)27-5-2)18(17)15-9-7-6-8-10-15/h6-10,18,23H,4-5,11-13,22H2,1-3H3. The predicted octanol–water partition coefficient (Wildman–Crippen LogP) is 2.72. The minimum absolute atomic E-state index is 0.254. The Morgan fingerprint density at radius 2 is 1.68 bits per heavy atom. The molecule has 0 aliphatic carbocycles. The summed E-state index contributed by atoms with van der Waals surface area (Å²) in [6.45, 7) is 6.43. The third-order valence-electron chi connectivity index (χ3n) is 4.28. The van der Waals surface area contributed by atoms with Gasteiger partial charge in [0.25, 0.3) is 0 Å². The van der Waals surface area contributed by atoms with Crippen molar-refractivity contribution in [1.82, 2.24) is 5.32 Å². The van der Waals surface area contributed by atoms with Gasteiger partial charge in [-0.15, -0.1) is 0 Å². The Morgan fingerprint density at radius 3 is 2.25 bits per heavy atom. The van der Waals surface area contributed by atoms with Crippen LogP contribution in [0.4, 0.5) is 0 Å². The first-order valence-corrected chi connectivity index (χ1v) is 10.6. The zero-order valence-electron chi connectivity index (χ0n) is 16.6. The number of ether oxygens (including phenoxy) is 2. The molecule has 1 unspecified atom stereocenters. The Hall–Kier alpha value is -2.25. The van der Waals surface area contributed by atoms with Crippen LogP contribution < -0.4 is 11.1 Å². The Labute approximate surface area is 170 Å². The van der Waals surface area contributed by atoms with Crippen molar-refractivity contribution in [1.29, 1.82) is 0 Å². The van der Waals surface area contributed by atoms with E-state index in [0.29, 0.717) is 29.1 Å². The summed E-state index contributed by atoms with van der Waals surface area (Å²) in [6, 6.07) is 9.50. The van der Waals surface area contributed by atoms with Crippen LogP contribution in [0.1, 0.15) is 32.3 Å². The molecule has 28 heavy (non-hydrogen) atoms. The van der Waals surface area contributed by atoms with Crippen molar-refractivity contribution < 1.29 is 19.1 Å². The zero-order chi connectivity index (χ0) is 20.5. The number of carbonyl (C=O) groups excluding carboxylic acids is 2. The molecule has 0 saturated carbocycles. The van der Waals surface area contributed by atoms with Gasteiger partial charge < -0.3 is 20.5 Å². The molecule has 0 saturated heterocycles. The highest BCUT2D eigenvalue weighted by Gasteiger charge is 2.38. The summed E-state index contributed by atoms with van der Waals surface area (Å²) >= 11 is 1.63. The molecular weight excluding hydrogens is 376 g/mol. The van der Waals surface area contributed by atoms with E-state index in [1.54, 1.807) is 25.6 Å². The maximum Gasteiger partial charge on any atom is 0.336 e. The Balaban J connectivity index is 2.60. The van der Waals surface area contributed by atoms with Gasteiger partial charge in [-0.3, -0.25) is 0 Å². The van der Waals surface area contributed by atoms with Crippen LogP contribution in [0.5, 0.6) is 0 Å². The van der Waals surface area contributed by atoms with E-state index in [2.05, 4.69) is 5.32 Å². The highest BCUT2D eigenvalue weighted by atomic mass is 32.2. The third kappa shape index (κ3) is 5.17. The van der Waals surface area contributed by atoms with Crippen LogP contribution in [0.15, 0.2) is 52.9 Å². The number of carbonyl (C=O) groups is 2. The molecule has 6 nitrogen and oxygen atoms in total. The highest BCUT2D eigenvalue weighted by Crippen LogP contribution is 2.39. The van der Waals surface area contributed by atoms with Gasteiger partial charge in [0.2, 0.25) is 0 Å². The summed E-state index contributed by atoms with van der Waals surface area (Å²) < 4.78 is 10.6. The van der Waals surface area contributed by atoms with Crippen molar-refractivity contribution in [2.45, 2.75) is 26.7 Å². The summed E-state index contributed by atoms with van der Waals surface area (Å²) in [6.07, 6.45) is 0. The SMILES string of the molecule is CCOC(=O)C1=C(C)NC(CSCCN)=C(C(=O)OCC)C1c1ccccc1. The van der Waals surface area contributed by atoms with Crippen LogP contribution in [0.2, 0.25) is 0 Å². The van der Waals surface area contributed by atoms with E-state index in [-0.39, 0.29) is 13.2 Å². The van der Waals surface area contributed by atoms with E-state index in [1.807, 2.05) is 37.3 Å². The predicted molar refractivity (Wildman–Crippen MR) is 112 cm³/mol. The maximum atomic E-state index is 12.9. The molecule has 0 spiro atoms. The van der Waals surface area contributed by atoms with Crippen molar-refractivity contribution in [3.05, 3.63) is 58.4 Å². The fraction of sp³-hybridized carbons (Fsp3) is 0.429. The molecule has 1 heterocycles. The number of hydrogen-bond acceptors (Lipinski definition) is 7. The minimum Gasteiger partial charge on any atom is -0.463 e. The number of hydrogen-bond donors (Lipinski definition) is 2. The summed E-state index contributed by atoms with van der Waals surface area (Å²) in [5.74, 6) is -0.0697. The van der Waals surface area contributed by atoms with Crippen LogP contribution in [0.25, 0.3) is 0 Å². The molecule has 3 N–H and O–H groups in total. The van der Waals surface area contributed by atoms with E-state index in [4.69, 9.17) is 15.2 Å². The lowest BCUT2D eigenvalue weighted by Gasteiger charge is -2.31. The lowest BCUT2D eigenvalue weighted by molar-refractivity contribution is -0.139. The molecule has 0 aromatic heterocycles. The Kier molecular flexibility index (Phi) is 8.60. The molecule has 1 aliphatic rings. The lowest BCUT2D eigenvalue weighted by atomic mass is 9.80. The molecule has 0 radical (unpaired) electrons. The first-order valence-electron chi connectivity index (χ1n) is 9.42. The first-order chi connectivity index (χ1) is 13.5. The van der Waals surface area contributed by atoms with Gasteiger partial charge in [-0.05, 0) is 26.3 Å². The number of rotatable bonds is 9. The molecule has 0 bridgehead atoms. The van der Waals surface area contributed by atoms with Crippen LogP contribution in [0, 0.1) is 0 Å². The molecule has 152 valence electrons. The van der Waals surface area contributed by atoms with Crippen LogP contribution in [-0.4, -0.2) is 43.2 Å².